The normalized spacial score (nSPS) is 11.3. The second-order valence-corrected chi connectivity index (χ2v) is 10.7. The fraction of sp³-hybridized carbons (Fsp3) is 0.167. The SMILES string of the molecule is Cc1c(C(c2ccc(OCc3ccccc3)cc2)c2c(C)n(C)n(-c3ccccc3)c2=O)c(=O)n(-c2ccccc2)n1C. The Kier molecular flexibility index (Phi) is 7.47. The highest BCUT2D eigenvalue weighted by Gasteiger charge is 2.32. The summed E-state index contributed by atoms with van der Waals surface area (Å²) in [5.74, 6) is 0.111. The van der Waals surface area contributed by atoms with Gasteiger partial charge in [0.05, 0.1) is 22.5 Å². The van der Waals surface area contributed by atoms with Crippen molar-refractivity contribution < 1.29 is 4.74 Å². The van der Waals surface area contributed by atoms with Gasteiger partial charge in [-0.25, -0.2) is 9.36 Å². The highest BCUT2D eigenvalue weighted by Crippen LogP contribution is 2.34. The van der Waals surface area contributed by atoms with Gasteiger partial charge in [-0.15, -0.1) is 0 Å². The Balaban J connectivity index is 1.52. The molecule has 0 radical (unpaired) electrons. The molecule has 0 aliphatic carbocycles. The van der Waals surface area contributed by atoms with Gasteiger partial charge in [0.25, 0.3) is 11.1 Å². The summed E-state index contributed by atoms with van der Waals surface area (Å²) in [6.45, 7) is 4.33. The first-order valence-electron chi connectivity index (χ1n) is 14.3. The van der Waals surface area contributed by atoms with E-state index in [0.717, 1.165) is 33.9 Å². The van der Waals surface area contributed by atoms with E-state index in [9.17, 15) is 9.59 Å². The molecule has 7 heteroatoms. The third-order valence-electron chi connectivity index (χ3n) is 8.24. The van der Waals surface area contributed by atoms with E-state index in [1.807, 2.05) is 153 Å². The number of benzene rings is 4. The maximum Gasteiger partial charge on any atom is 0.275 e. The van der Waals surface area contributed by atoms with Crippen molar-refractivity contribution in [2.24, 2.45) is 14.1 Å². The smallest absolute Gasteiger partial charge is 0.275 e. The molecule has 7 nitrogen and oxygen atoms in total. The Morgan fingerprint density at radius 2 is 1.00 bits per heavy atom. The fourth-order valence-electron chi connectivity index (χ4n) is 5.82. The van der Waals surface area contributed by atoms with Crippen LogP contribution in [0.2, 0.25) is 0 Å². The van der Waals surface area contributed by atoms with Crippen molar-refractivity contribution in [1.82, 2.24) is 18.7 Å². The number of para-hydroxylation sites is 2. The minimum Gasteiger partial charge on any atom is -0.489 e. The lowest BCUT2D eigenvalue weighted by Crippen LogP contribution is -2.26. The molecule has 0 atom stereocenters. The third kappa shape index (κ3) is 5.03. The summed E-state index contributed by atoms with van der Waals surface area (Å²) < 4.78 is 13.1. The third-order valence-corrected chi connectivity index (χ3v) is 8.24. The molecule has 4 aromatic carbocycles. The van der Waals surface area contributed by atoms with Gasteiger partial charge in [-0.2, -0.15) is 0 Å². The molecule has 0 amide bonds. The summed E-state index contributed by atoms with van der Waals surface area (Å²) in [6.07, 6.45) is 0. The first-order chi connectivity index (χ1) is 20.9. The second-order valence-electron chi connectivity index (χ2n) is 10.7. The van der Waals surface area contributed by atoms with Crippen molar-refractivity contribution in [3.8, 4) is 17.1 Å². The Bertz CT molecular complexity index is 1880. The number of ether oxygens (including phenoxy) is 1. The number of nitrogens with zero attached hydrogens (tertiary/aromatic N) is 4. The van der Waals surface area contributed by atoms with E-state index < -0.39 is 5.92 Å². The summed E-state index contributed by atoms with van der Waals surface area (Å²) in [7, 11) is 3.76. The molecule has 216 valence electrons. The molecule has 0 N–H and O–H groups in total. The van der Waals surface area contributed by atoms with Crippen molar-refractivity contribution in [1.29, 1.82) is 0 Å². The zero-order valence-electron chi connectivity index (χ0n) is 24.8. The average Bonchev–Trinajstić information content (AvgIpc) is 3.40. The van der Waals surface area contributed by atoms with Crippen molar-refractivity contribution in [3.05, 3.63) is 170 Å². The molecular weight excluding hydrogens is 536 g/mol. The van der Waals surface area contributed by atoms with E-state index in [1.165, 1.54) is 0 Å². The monoisotopic (exact) mass is 570 g/mol. The van der Waals surface area contributed by atoms with Gasteiger partial charge in [0.1, 0.15) is 12.4 Å². The number of hydrogen-bond donors (Lipinski definition) is 0. The van der Waals surface area contributed by atoms with Crippen LogP contribution >= 0.6 is 0 Å². The van der Waals surface area contributed by atoms with Gasteiger partial charge in [0.15, 0.2) is 0 Å². The largest absolute Gasteiger partial charge is 0.489 e. The molecule has 6 aromatic rings. The lowest BCUT2D eigenvalue weighted by Gasteiger charge is -2.17. The maximum absolute atomic E-state index is 14.3. The molecule has 0 bridgehead atoms. The van der Waals surface area contributed by atoms with Crippen molar-refractivity contribution in [2.45, 2.75) is 26.4 Å². The van der Waals surface area contributed by atoms with Gasteiger partial charge in [-0.3, -0.25) is 19.0 Å². The van der Waals surface area contributed by atoms with E-state index in [1.54, 1.807) is 9.36 Å². The summed E-state index contributed by atoms with van der Waals surface area (Å²) >= 11 is 0. The highest BCUT2D eigenvalue weighted by molar-refractivity contribution is 5.49. The molecule has 0 fully saturated rings. The molecule has 0 saturated carbocycles. The first-order valence-corrected chi connectivity index (χ1v) is 14.3. The lowest BCUT2D eigenvalue weighted by atomic mass is 9.85. The van der Waals surface area contributed by atoms with Crippen LogP contribution in [0.5, 0.6) is 5.75 Å². The van der Waals surface area contributed by atoms with Gasteiger partial charge in [0.2, 0.25) is 0 Å². The predicted octanol–water partition coefficient (Wildman–Crippen LogP) is 6.04. The highest BCUT2D eigenvalue weighted by atomic mass is 16.5. The molecule has 0 aliphatic rings. The van der Waals surface area contributed by atoms with Crippen LogP contribution in [0.25, 0.3) is 11.4 Å². The molecule has 2 heterocycles. The first kappa shape index (κ1) is 27.8. The summed E-state index contributed by atoms with van der Waals surface area (Å²) in [5.41, 5.74) is 5.83. The van der Waals surface area contributed by atoms with E-state index >= 15 is 0 Å². The van der Waals surface area contributed by atoms with Crippen LogP contribution in [0.4, 0.5) is 0 Å². The minimum atomic E-state index is -0.601. The van der Waals surface area contributed by atoms with Crippen molar-refractivity contribution >= 4 is 0 Å². The van der Waals surface area contributed by atoms with Gasteiger partial charge >= 0.3 is 0 Å². The van der Waals surface area contributed by atoms with Crippen molar-refractivity contribution in [3.63, 3.8) is 0 Å². The number of hydrogen-bond acceptors (Lipinski definition) is 3. The van der Waals surface area contributed by atoms with E-state index in [2.05, 4.69) is 0 Å². The van der Waals surface area contributed by atoms with Crippen LogP contribution in [0.15, 0.2) is 125 Å². The maximum atomic E-state index is 14.3. The quantitative estimate of drug-likeness (QED) is 0.224. The molecule has 0 unspecified atom stereocenters. The van der Waals surface area contributed by atoms with Gasteiger partial charge in [-0.05, 0) is 61.4 Å². The second kappa shape index (κ2) is 11.5. The summed E-state index contributed by atoms with van der Waals surface area (Å²) in [4.78, 5) is 28.6. The molecule has 2 aromatic heterocycles. The zero-order chi connectivity index (χ0) is 30.1. The van der Waals surface area contributed by atoms with Crippen LogP contribution in [-0.2, 0) is 20.7 Å². The van der Waals surface area contributed by atoms with Gasteiger partial charge in [0, 0.05) is 31.4 Å². The molecule has 0 spiro atoms. The van der Waals surface area contributed by atoms with Crippen molar-refractivity contribution in [2.75, 3.05) is 0 Å². The molecule has 0 saturated heterocycles. The minimum absolute atomic E-state index is 0.158. The topological polar surface area (TPSA) is 63.1 Å². The molecule has 43 heavy (non-hydrogen) atoms. The Labute approximate surface area is 250 Å². The number of rotatable bonds is 8. The van der Waals surface area contributed by atoms with Crippen LogP contribution in [0, 0.1) is 13.8 Å². The van der Waals surface area contributed by atoms with Crippen LogP contribution in [-0.4, -0.2) is 18.7 Å². The lowest BCUT2D eigenvalue weighted by molar-refractivity contribution is 0.306. The molecule has 0 aliphatic heterocycles. The standard InChI is InChI=1S/C36H34N4O3/c1-25-32(35(41)39(37(25)3)29-16-10-6-11-17-29)34(28-20-22-31(23-21-28)43-24-27-14-8-5-9-15-27)33-26(2)38(4)40(36(33)42)30-18-12-7-13-19-30/h5-23,34H,24H2,1-4H3. The fourth-order valence-corrected chi connectivity index (χ4v) is 5.82. The van der Waals surface area contributed by atoms with Crippen LogP contribution < -0.4 is 15.9 Å². The average molecular weight is 571 g/mol. The Morgan fingerprint density at radius 3 is 1.44 bits per heavy atom. The molecular formula is C36H34N4O3. The predicted molar refractivity (Wildman–Crippen MR) is 170 cm³/mol. The Morgan fingerprint density at radius 1 is 0.581 bits per heavy atom. The van der Waals surface area contributed by atoms with E-state index in [4.69, 9.17) is 4.74 Å². The molecule has 6 rings (SSSR count). The van der Waals surface area contributed by atoms with Gasteiger partial charge < -0.3 is 4.74 Å². The van der Waals surface area contributed by atoms with E-state index in [-0.39, 0.29) is 11.1 Å². The number of aromatic nitrogens is 4. The van der Waals surface area contributed by atoms with Crippen LogP contribution in [0.1, 0.15) is 39.6 Å². The van der Waals surface area contributed by atoms with E-state index in [0.29, 0.717) is 23.5 Å². The summed E-state index contributed by atoms with van der Waals surface area (Å²) in [6, 6.07) is 36.9. The van der Waals surface area contributed by atoms with Crippen LogP contribution in [0.3, 0.4) is 0 Å². The van der Waals surface area contributed by atoms with Gasteiger partial charge in [-0.1, -0.05) is 78.9 Å². The zero-order valence-corrected chi connectivity index (χ0v) is 24.8. The summed E-state index contributed by atoms with van der Waals surface area (Å²) in [5, 5.41) is 0. The Hall–Kier alpha value is -5.30.